The van der Waals surface area contributed by atoms with Crippen molar-refractivity contribution in [2.75, 3.05) is 25.1 Å². The maximum absolute atomic E-state index is 11.7. The summed E-state index contributed by atoms with van der Waals surface area (Å²) in [5.74, 6) is -2.06. The Hall–Kier alpha value is -1.12. The fraction of sp³-hybridized carbons (Fsp3) is 0.667. The van der Waals surface area contributed by atoms with Crippen molar-refractivity contribution >= 4 is 29.5 Å². The van der Waals surface area contributed by atoms with Gasteiger partial charge in [0.15, 0.2) is 0 Å². The van der Waals surface area contributed by atoms with E-state index in [0.29, 0.717) is 17.1 Å². The number of amides is 2. The molecule has 98 valence electrons. The van der Waals surface area contributed by atoms with E-state index in [4.69, 9.17) is 16.6 Å². The monoisotopic (exact) mass is 263 g/mol. The highest BCUT2D eigenvalue weighted by atomic mass is 32.2. The number of carboxylic acid groups (broad SMARTS) is 1. The van der Waals surface area contributed by atoms with Crippen LogP contribution in [0.4, 0.5) is 0 Å². The average molecular weight is 263 g/mol. The van der Waals surface area contributed by atoms with Crippen LogP contribution in [0.3, 0.4) is 0 Å². The zero-order chi connectivity index (χ0) is 13.4. The molecule has 0 heterocycles. The Morgan fingerprint density at radius 2 is 2.00 bits per heavy atom. The van der Waals surface area contributed by atoms with Crippen molar-refractivity contribution in [3.8, 4) is 0 Å². The number of imide groups is 1. The van der Waals surface area contributed by atoms with E-state index < -0.39 is 36.9 Å². The first-order valence-corrected chi connectivity index (χ1v) is 6.34. The summed E-state index contributed by atoms with van der Waals surface area (Å²) in [5.41, 5.74) is 10.7. The van der Waals surface area contributed by atoms with Crippen LogP contribution in [0.25, 0.3) is 0 Å². The van der Waals surface area contributed by atoms with Crippen LogP contribution in [0.5, 0.6) is 0 Å². The molecular weight excluding hydrogens is 246 g/mol. The minimum Gasteiger partial charge on any atom is -0.480 e. The van der Waals surface area contributed by atoms with Gasteiger partial charge in [-0.15, -0.1) is 0 Å². The summed E-state index contributed by atoms with van der Waals surface area (Å²) in [6.45, 7) is -1.13. The normalized spacial score (nSPS) is 11.9. The first-order valence-electron chi connectivity index (χ1n) is 4.94. The molecule has 0 aromatic heterocycles. The third kappa shape index (κ3) is 5.66. The number of carbonyl (C=O) groups excluding carboxylic acids is 2. The third-order valence-electron chi connectivity index (χ3n) is 1.99. The number of hydrogen-bond donors (Lipinski definition) is 3. The standard InChI is InChI=1S/C9H17N3O4S/c1-17-3-2-6(11)9(16)12(5-8(14)15)7(13)4-10/h6H,2-5,10-11H2,1H3,(H,14,15). The Bertz CT molecular complexity index is 298. The minimum absolute atomic E-state index is 0.383. The second-order valence-electron chi connectivity index (χ2n) is 3.30. The van der Waals surface area contributed by atoms with Crippen LogP contribution in [0.1, 0.15) is 6.42 Å². The predicted octanol–water partition coefficient (Wildman–Crippen LogP) is -1.53. The van der Waals surface area contributed by atoms with Crippen molar-refractivity contribution in [3.05, 3.63) is 0 Å². The summed E-state index contributed by atoms with van der Waals surface area (Å²) >= 11 is 1.51. The molecule has 0 radical (unpaired) electrons. The number of carboxylic acids is 1. The Kier molecular flexibility index (Phi) is 7.51. The number of nitrogens with zero attached hydrogens (tertiary/aromatic N) is 1. The molecule has 0 fully saturated rings. The first kappa shape index (κ1) is 15.9. The maximum atomic E-state index is 11.7. The molecule has 2 amide bonds. The highest BCUT2D eigenvalue weighted by Crippen LogP contribution is 2.03. The van der Waals surface area contributed by atoms with Crippen LogP contribution >= 0.6 is 11.8 Å². The number of carbonyl (C=O) groups is 3. The molecule has 17 heavy (non-hydrogen) atoms. The summed E-state index contributed by atoms with van der Waals surface area (Å²) in [6, 6.07) is -0.878. The van der Waals surface area contributed by atoms with Crippen molar-refractivity contribution in [1.82, 2.24) is 4.90 Å². The lowest BCUT2D eigenvalue weighted by atomic mass is 10.2. The molecule has 0 aromatic rings. The van der Waals surface area contributed by atoms with Crippen LogP contribution in [0, 0.1) is 0 Å². The van der Waals surface area contributed by atoms with E-state index in [9.17, 15) is 14.4 Å². The number of thioether (sulfide) groups is 1. The van der Waals surface area contributed by atoms with Crippen molar-refractivity contribution in [1.29, 1.82) is 0 Å². The quantitative estimate of drug-likeness (QED) is 0.508. The van der Waals surface area contributed by atoms with E-state index in [1.165, 1.54) is 11.8 Å². The van der Waals surface area contributed by atoms with E-state index in [0.717, 1.165) is 0 Å². The van der Waals surface area contributed by atoms with Crippen molar-refractivity contribution in [2.45, 2.75) is 12.5 Å². The van der Waals surface area contributed by atoms with E-state index >= 15 is 0 Å². The number of hydrogen-bond acceptors (Lipinski definition) is 6. The van der Waals surface area contributed by atoms with E-state index in [2.05, 4.69) is 0 Å². The molecule has 0 saturated carbocycles. The molecule has 1 atom stereocenters. The number of nitrogens with two attached hydrogens (primary N) is 2. The molecule has 0 spiro atoms. The van der Waals surface area contributed by atoms with Gasteiger partial charge >= 0.3 is 5.97 Å². The highest BCUT2D eigenvalue weighted by molar-refractivity contribution is 7.98. The molecule has 0 aromatic carbocycles. The molecule has 0 aliphatic carbocycles. The van der Waals surface area contributed by atoms with E-state index in [-0.39, 0.29) is 0 Å². The smallest absolute Gasteiger partial charge is 0.323 e. The van der Waals surface area contributed by atoms with Gasteiger partial charge in [0.05, 0.1) is 12.6 Å². The summed E-state index contributed by atoms with van der Waals surface area (Å²) in [5, 5.41) is 8.60. The van der Waals surface area contributed by atoms with Crippen LogP contribution in [-0.2, 0) is 14.4 Å². The molecule has 0 aliphatic heterocycles. The van der Waals surface area contributed by atoms with Crippen molar-refractivity contribution < 1.29 is 19.5 Å². The van der Waals surface area contributed by atoms with Gasteiger partial charge in [-0.25, -0.2) is 0 Å². The summed E-state index contributed by atoms with van der Waals surface area (Å²) in [6.07, 6.45) is 2.24. The van der Waals surface area contributed by atoms with Gasteiger partial charge in [0.2, 0.25) is 11.8 Å². The van der Waals surface area contributed by atoms with E-state index in [1.54, 1.807) is 0 Å². The molecule has 8 heteroatoms. The summed E-state index contributed by atoms with van der Waals surface area (Å²) in [7, 11) is 0. The lowest BCUT2D eigenvalue weighted by molar-refractivity contribution is -0.152. The fourth-order valence-electron chi connectivity index (χ4n) is 1.10. The molecule has 0 saturated heterocycles. The summed E-state index contributed by atoms with van der Waals surface area (Å²) < 4.78 is 0. The minimum atomic E-state index is -1.28. The second-order valence-corrected chi connectivity index (χ2v) is 4.29. The molecule has 0 rings (SSSR count). The molecule has 0 aliphatic rings. The van der Waals surface area contributed by atoms with Gasteiger partial charge in [-0.2, -0.15) is 11.8 Å². The van der Waals surface area contributed by atoms with E-state index in [1.807, 2.05) is 6.26 Å². The zero-order valence-electron chi connectivity index (χ0n) is 9.59. The van der Waals surface area contributed by atoms with Gasteiger partial charge < -0.3 is 16.6 Å². The first-order chi connectivity index (χ1) is 7.93. The molecular formula is C9H17N3O4S. The topological polar surface area (TPSA) is 127 Å². The number of rotatable bonds is 7. The molecule has 0 bridgehead atoms. The number of aliphatic carboxylic acids is 1. The van der Waals surface area contributed by atoms with Gasteiger partial charge in [0, 0.05) is 0 Å². The Morgan fingerprint density at radius 1 is 1.41 bits per heavy atom. The average Bonchev–Trinajstić information content (AvgIpc) is 2.30. The van der Waals surface area contributed by atoms with Gasteiger partial charge in [-0.3, -0.25) is 19.3 Å². The Labute approximate surface area is 104 Å². The van der Waals surface area contributed by atoms with Crippen molar-refractivity contribution in [3.63, 3.8) is 0 Å². The highest BCUT2D eigenvalue weighted by Gasteiger charge is 2.27. The van der Waals surface area contributed by atoms with Gasteiger partial charge in [-0.05, 0) is 18.4 Å². The lowest BCUT2D eigenvalue weighted by Gasteiger charge is -2.21. The molecule has 5 N–H and O–H groups in total. The summed E-state index contributed by atoms with van der Waals surface area (Å²) in [4.78, 5) is 34.2. The largest absolute Gasteiger partial charge is 0.480 e. The maximum Gasteiger partial charge on any atom is 0.323 e. The predicted molar refractivity (Wildman–Crippen MR) is 64.4 cm³/mol. The van der Waals surface area contributed by atoms with Gasteiger partial charge in [-0.1, -0.05) is 0 Å². The van der Waals surface area contributed by atoms with Crippen LogP contribution in [0.2, 0.25) is 0 Å². The SMILES string of the molecule is CSCCC(N)C(=O)N(CC(=O)O)C(=O)CN. The Balaban J connectivity index is 4.62. The van der Waals surface area contributed by atoms with Crippen molar-refractivity contribution in [2.24, 2.45) is 11.5 Å². The second kappa shape index (κ2) is 8.04. The van der Waals surface area contributed by atoms with Crippen LogP contribution < -0.4 is 11.5 Å². The van der Waals surface area contributed by atoms with Gasteiger partial charge in [0.1, 0.15) is 6.54 Å². The zero-order valence-corrected chi connectivity index (χ0v) is 10.4. The molecule has 1 unspecified atom stereocenters. The fourth-order valence-corrected chi connectivity index (χ4v) is 1.59. The van der Waals surface area contributed by atoms with Gasteiger partial charge in [0.25, 0.3) is 0 Å². The Morgan fingerprint density at radius 3 is 2.41 bits per heavy atom. The van der Waals surface area contributed by atoms with Crippen LogP contribution in [-0.4, -0.2) is 58.9 Å². The third-order valence-corrected chi connectivity index (χ3v) is 2.63. The lowest BCUT2D eigenvalue weighted by Crippen LogP contribution is -2.50. The molecule has 7 nitrogen and oxygen atoms in total. The van der Waals surface area contributed by atoms with Crippen LogP contribution in [0.15, 0.2) is 0 Å².